The lowest BCUT2D eigenvalue weighted by molar-refractivity contribution is -0.120. The number of hydrogen-bond acceptors (Lipinski definition) is 6. The van der Waals surface area contributed by atoms with E-state index >= 15 is 0 Å². The normalized spacial score (nSPS) is 20.4. The molecule has 2 heterocycles. The van der Waals surface area contributed by atoms with E-state index in [4.69, 9.17) is 0 Å². The highest BCUT2D eigenvalue weighted by Crippen LogP contribution is 2.41. The minimum absolute atomic E-state index is 0.0414. The molecule has 3 rings (SSSR count). The third kappa shape index (κ3) is 4.57. The van der Waals surface area contributed by atoms with Crippen LogP contribution in [0.1, 0.15) is 59.4 Å². The van der Waals surface area contributed by atoms with Crippen molar-refractivity contribution in [3.63, 3.8) is 0 Å². The van der Waals surface area contributed by atoms with Gasteiger partial charge < -0.3 is 10.2 Å². The quantitative estimate of drug-likeness (QED) is 0.720. The first-order valence-corrected chi connectivity index (χ1v) is 10.9. The number of piperidine rings is 1. The van der Waals surface area contributed by atoms with Gasteiger partial charge in [0.15, 0.2) is 5.16 Å². The Morgan fingerprint density at radius 3 is 2.56 bits per heavy atom. The predicted octanol–water partition coefficient (Wildman–Crippen LogP) is 3.00. The first kappa shape index (κ1) is 20.0. The summed E-state index contributed by atoms with van der Waals surface area (Å²) in [5, 5.41) is 21.9. The second-order valence-electron chi connectivity index (χ2n) is 8.36. The molecule has 2 fully saturated rings. The third-order valence-electron chi connectivity index (χ3n) is 5.74. The molecule has 7 nitrogen and oxygen atoms in total. The molecule has 1 aliphatic heterocycles. The molecule has 0 aromatic carbocycles. The Balaban J connectivity index is 1.66. The minimum Gasteiger partial charge on any atom is -0.341 e. The number of anilines is 1. The molecule has 0 radical (unpaired) electrons. The average Bonchev–Trinajstić information content (AvgIpc) is 3.39. The van der Waals surface area contributed by atoms with Gasteiger partial charge in [0.05, 0.1) is 11.8 Å². The summed E-state index contributed by atoms with van der Waals surface area (Å²) in [6.45, 7) is 9.98. The van der Waals surface area contributed by atoms with E-state index in [1.807, 2.05) is 13.8 Å². The Morgan fingerprint density at radius 1 is 1.33 bits per heavy atom. The molecule has 1 N–H and O–H groups in total. The molecule has 1 atom stereocenters. The van der Waals surface area contributed by atoms with Gasteiger partial charge in [-0.3, -0.25) is 9.36 Å². The Bertz CT molecular complexity index is 714. The van der Waals surface area contributed by atoms with E-state index in [-0.39, 0.29) is 17.6 Å². The van der Waals surface area contributed by atoms with E-state index in [1.165, 1.54) is 24.6 Å². The molecule has 1 aromatic heterocycles. The highest BCUT2D eigenvalue weighted by Gasteiger charge is 2.33. The fourth-order valence-electron chi connectivity index (χ4n) is 3.20. The summed E-state index contributed by atoms with van der Waals surface area (Å²) in [5.41, 5.74) is -0.850. The SMILES string of the molecule is CC1CCN(c2nnc(SCC(=O)N[C@@](C)(C#N)C(C)C)n2C2CC2)CC1. The zero-order chi connectivity index (χ0) is 19.6. The summed E-state index contributed by atoms with van der Waals surface area (Å²) < 4.78 is 2.22. The van der Waals surface area contributed by atoms with E-state index in [0.717, 1.165) is 43.0 Å². The third-order valence-corrected chi connectivity index (χ3v) is 6.69. The van der Waals surface area contributed by atoms with E-state index in [9.17, 15) is 10.1 Å². The van der Waals surface area contributed by atoms with Crippen molar-refractivity contribution in [3.8, 4) is 6.07 Å². The summed E-state index contributed by atoms with van der Waals surface area (Å²) in [7, 11) is 0. The predicted molar refractivity (Wildman–Crippen MR) is 107 cm³/mol. The number of nitriles is 1. The largest absolute Gasteiger partial charge is 0.341 e. The van der Waals surface area contributed by atoms with E-state index in [0.29, 0.717) is 6.04 Å². The molecule has 2 aliphatic rings. The Labute approximate surface area is 165 Å². The lowest BCUT2D eigenvalue weighted by atomic mass is 9.90. The van der Waals surface area contributed by atoms with Gasteiger partial charge in [-0.1, -0.05) is 32.5 Å². The van der Waals surface area contributed by atoms with Gasteiger partial charge in [-0.05, 0) is 44.4 Å². The summed E-state index contributed by atoms with van der Waals surface area (Å²) in [5.74, 6) is 1.87. The van der Waals surface area contributed by atoms with Crippen molar-refractivity contribution in [2.24, 2.45) is 11.8 Å². The summed E-state index contributed by atoms with van der Waals surface area (Å²) >= 11 is 1.41. The fraction of sp³-hybridized carbons (Fsp3) is 0.789. The first-order chi connectivity index (χ1) is 12.8. The van der Waals surface area contributed by atoms with Crippen LogP contribution in [0.4, 0.5) is 5.95 Å². The Kier molecular flexibility index (Phi) is 5.99. The molecular formula is C19H30N6OS. The van der Waals surface area contributed by atoms with Gasteiger partial charge in [-0.2, -0.15) is 5.26 Å². The van der Waals surface area contributed by atoms with Crippen LogP contribution in [-0.2, 0) is 4.79 Å². The van der Waals surface area contributed by atoms with Crippen molar-refractivity contribution in [1.29, 1.82) is 5.26 Å². The van der Waals surface area contributed by atoms with Crippen LogP contribution in [0, 0.1) is 23.2 Å². The number of thioether (sulfide) groups is 1. The Morgan fingerprint density at radius 2 is 2.00 bits per heavy atom. The number of rotatable bonds is 7. The maximum atomic E-state index is 12.4. The molecular weight excluding hydrogens is 360 g/mol. The number of carbonyl (C=O) groups excluding carboxylic acids is 1. The van der Waals surface area contributed by atoms with Crippen LogP contribution in [-0.4, -0.2) is 45.1 Å². The first-order valence-electron chi connectivity index (χ1n) is 9.89. The van der Waals surface area contributed by atoms with Gasteiger partial charge in [-0.25, -0.2) is 0 Å². The minimum atomic E-state index is -0.850. The van der Waals surface area contributed by atoms with Crippen LogP contribution >= 0.6 is 11.8 Å². The number of nitrogens with one attached hydrogen (secondary N) is 1. The molecule has 1 saturated carbocycles. The highest BCUT2D eigenvalue weighted by atomic mass is 32.2. The fourth-order valence-corrected chi connectivity index (χ4v) is 4.00. The molecule has 0 spiro atoms. The van der Waals surface area contributed by atoms with Crippen LogP contribution in [0.3, 0.4) is 0 Å². The van der Waals surface area contributed by atoms with E-state index < -0.39 is 5.54 Å². The van der Waals surface area contributed by atoms with Gasteiger partial charge in [-0.15, -0.1) is 10.2 Å². The van der Waals surface area contributed by atoms with Crippen molar-refractivity contribution in [2.45, 2.75) is 70.1 Å². The van der Waals surface area contributed by atoms with Crippen LogP contribution in [0.15, 0.2) is 5.16 Å². The number of nitrogens with zero attached hydrogens (tertiary/aromatic N) is 5. The van der Waals surface area contributed by atoms with Crippen LogP contribution in [0.5, 0.6) is 0 Å². The number of hydrogen-bond donors (Lipinski definition) is 1. The maximum absolute atomic E-state index is 12.4. The molecule has 1 aliphatic carbocycles. The van der Waals surface area contributed by atoms with Gasteiger partial charge in [0.25, 0.3) is 0 Å². The zero-order valence-electron chi connectivity index (χ0n) is 16.7. The van der Waals surface area contributed by atoms with Crippen LogP contribution in [0.25, 0.3) is 0 Å². The molecule has 27 heavy (non-hydrogen) atoms. The van der Waals surface area contributed by atoms with Crippen molar-refractivity contribution in [3.05, 3.63) is 0 Å². The van der Waals surface area contributed by atoms with Crippen molar-refractivity contribution < 1.29 is 4.79 Å². The van der Waals surface area contributed by atoms with Crippen molar-refractivity contribution >= 4 is 23.6 Å². The lowest BCUT2D eigenvalue weighted by Crippen LogP contribution is -2.49. The molecule has 1 saturated heterocycles. The van der Waals surface area contributed by atoms with Gasteiger partial charge >= 0.3 is 0 Å². The van der Waals surface area contributed by atoms with Crippen LogP contribution in [0.2, 0.25) is 0 Å². The van der Waals surface area contributed by atoms with Gasteiger partial charge in [0.1, 0.15) is 5.54 Å². The van der Waals surface area contributed by atoms with Crippen LogP contribution < -0.4 is 10.2 Å². The Hall–Kier alpha value is -1.75. The standard InChI is InChI=1S/C19H30N6OS/c1-13(2)19(4,12-20)21-16(26)11-27-18-23-22-17(25(18)15-5-6-15)24-9-7-14(3)8-10-24/h13-15H,5-11H2,1-4H3,(H,21,26)/t19-/m0/s1. The summed E-state index contributed by atoms with van der Waals surface area (Å²) in [6.07, 6.45) is 4.67. The topological polar surface area (TPSA) is 86.8 Å². The number of aromatic nitrogens is 3. The second kappa shape index (κ2) is 8.09. The van der Waals surface area contributed by atoms with E-state index in [1.54, 1.807) is 6.92 Å². The summed E-state index contributed by atoms with van der Waals surface area (Å²) in [4.78, 5) is 14.7. The highest BCUT2D eigenvalue weighted by molar-refractivity contribution is 7.99. The summed E-state index contributed by atoms with van der Waals surface area (Å²) in [6, 6.07) is 2.67. The molecule has 1 aromatic rings. The molecule has 0 bridgehead atoms. The smallest absolute Gasteiger partial charge is 0.231 e. The van der Waals surface area contributed by atoms with Gasteiger partial charge in [0, 0.05) is 19.1 Å². The second-order valence-corrected chi connectivity index (χ2v) is 9.30. The lowest BCUT2D eigenvalue weighted by Gasteiger charge is -2.31. The zero-order valence-corrected chi connectivity index (χ0v) is 17.6. The van der Waals surface area contributed by atoms with E-state index in [2.05, 4.69) is 38.0 Å². The average molecular weight is 391 g/mol. The van der Waals surface area contributed by atoms with Crippen molar-refractivity contribution in [2.75, 3.05) is 23.7 Å². The molecule has 0 unspecified atom stereocenters. The number of amides is 1. The van der Waals surface area contributed by atoms with Crippen molar-refractivity contribution in [1.82, 2.24) is 20.1 Å². The monoisotopic (exact) mass is 390 g/mol. The molecule has 1 amide bonds. The maximum Gasteiger partial charge on any atom is 0.231 e. The number of carbonyl (C=O) groups is 1. The molecule has 8 heteroatoms. The molecule has 148 valence electrons. The van der Waals surface area contributed by atoms with Gasteiger partial charge in [0.2, 0.25) is 11.9 Å².